The smallest absolute Gasteiger partial charge is 0.267 e. The second-order valence-electron chi connectivity index (χ2n) is 3.39. The molecule has 0 bridgehead atoms. The quantitative estimate of drug-likeness (QED) is 0.766. The average molecular weight is 219 g/mol. The summed E-state index contributed by atoms with van der Waals surface area (Å²) in [5.74, 6) is 0.749. The lowest BCUT2D eigenvalue weighted by molar-refractivity contribution is 0.0949. The first-order chi connectivity index (χ1) is 7.77. The molecular weight excluding hydrogens is 206 g/mol. The largest absolute Gasteiger partial charge is 0.357 e. The van der Waals surface area contributed by atoms with E-state index in [2.05, 4.69) is 20.4 Å². The number of H-pyrrole nitrogens is 1. The molecule has 0 saturated carbocycles. The van der Waals surface area contributed by atoms with Crippen molar-refractivity contribution in [3.8, 4) is 0 Å². The Morgan fingerprint density at radius 1 is 1.62 bits per heavy atom. The monoisotopic (exact) mass is 219 g/mol. The highest BCUT2D eigenvalue weighted by Crippen LogP contribution is 1.95. The van der Waals surface area contributed by atoms with Crippen LogP contribution in [-0.2, 0) is 13.5 Å². The molecule has 0 spiro atoms. The molecule has 0 aliphatic rings. The molecule has 0 fully saturated rings. The van der Waals surface area contributed by atoms with Gasteiger partial charge >= 0.3 is 0 Å². The number of rotatable bonds is 4. The Balaban J connectivity index is 1.81. The van der Waals surface area contributed by atoms with E-state index in [4.69, 9.17) is 0 Å². The summed E-state index contributed by atoms with van der Waals surface area (Å²) in [4.78, 5) is 18.4. The first-order valence-corrected chi connectivity index (χ1v) is 5.02. The third-order valence-corrected chi connectivity index (χ3v) is 2.28. The van der Waals surface area contributed by atoms with Crippen LogP contribution in [0.2, 0.25) is 0 Å². The molecule has 0 saturated heterocycles. The lowest BCUT2D eigenvalue weighted by atomic mass is 10.3. The van der Waals surface area contributed by atoms with Crippen LogP contribution in [0.25, 0.3) is 0 Å². The molecule has 6 nitrogen and oxygen atoms in total. The van der Waals surface area contributed by atoms with Gasteiger partial charge in [0.15, 0.2) is 0 Å². The van der Waals surface area contributed by atoms with E-state index in [1.165, 1.54) is 6.33 Å². The van der Waals surface area contributed by atoms with Crippen molar-refractivity contribution in [3.63, 3.8) is 0 Å². The van der Waals surface area contributed by atoms with Gasteiger partial charge < -0.3 is 10.3 Å². The predicted octanol–water partition coefficient (Wildman–Crippen LogP) is 0.116. The fourth-order valence-electron chi connectivity index (χ4n) is 1.40. The second kappa shape index (κ2) is 4.61. The minimum absolute atomic E-state index is 0.104. The van der Waals surface area contributed by atoms with E-state index in [0.29, 0.717) is 18.7 Å². The van der Waals surface area contributed by atoms with Crippen LogP contribution in [0.15, 0.2) is 24.7 Å². The van der Waals surface area contributed by atoms with Gasteiger partial charge in [-0.1, -0.05) is 0 Å². The molecule has 2 aromatic heterocycles. The molecule has 0 aliphatic heterocycles. The number of nitrogens with zero attached hydrogens (tertiary/aromatic N) is 3. The average Bonchev–Trinajstić information content (AvgIpc) is 2.90. The number of hydrogen-bond donors (Lipinski definition) is 2. The van der Waals surface area contributed by atoms with E-state index in [0.717, 1.165) is 5.82 Å². The molecule has 0 atom stereocenters. The maximum atomic E-state index is 11.5. The number of carbonyl (C=O) groups is 1. The number of nitrogens with one attached hydrogen (secondary N) is 2. The molecule has 2 aromatic rings. The number of aromatic nitrogens is 4. The SMILES string of the molecule is Cn1ncnc1CCNC(=O)c1ccc[nH]1. The molecule has 0 aliphatic carbocycles. The van der Waals surface area contributed by atoms with Crippen LogP contribution < -0.4 is 5.32 Å². The molecule has 6 heteroatoms. The molecular formula is C10H13N5O. The summed E-state index contributed by atoms with van der Waals surface area (Å²) in [6.07, 6.45) is 3.89. The van der Waals surface area contributed by atoms with Gasteiger partial charge in [-0.2, -0.15) is 5.10 Å². The Kier molecular flexibility index (Phi) is 3.00. The first-order valence-electron chi connectivity index (χ1n) is 5.02. The third-order valence-electron chi connectivity index (χ3n) is 2.28. The lowest BCUT2D eigenvalue weighted by Gasteiger charge is -2.03. The summed E-state index contributed by atoms with van der Waals surface area (Å²) >= 11 is 0. The van der Waals surface area contributed by atoms with Crippen molar-refractivity contribution in [1.82, 2.24) is 25.1 Å². The van der Waals surface area contributed by atoms with E-state index in [-0.39, 0.29) is 5.91 Å². The number of amides is 1. The van der Waals surface area contributed by atoms with Crippen LogP contribution in [-0.4, -0.2) is 32.2 Å². The number of hydrogen-bond acceptors (Lipinski definition) is 3. The maximum Gasteiger partial charge on any atom is 0.267 e. The van der Waals surface area contributed by atoms with Crippen LogP contribution in [0.3, 0.4) is 0 Å². The van der Waals surface area contributed by atoms with Crippen molar-refractivity contribution in [3.05, 3.63) is 36.2 Å². The van der Waals surface area contributed by atoms with Gasteiger partial charge in [0, 0.05) is 26.2 Å². The standard InChI is InChI=1S/C10H13N5O/c1-15-9(13-7-14-15)4-6-12-10(16)8-3-2-5-11-8/h2-3,5,7,11H,4,6H2,1H3,(H,12,16). The second-order valence-corrected chi connectivity index (χ2v) is 3.39. The van der Waals surface area contributed by atoms with E-state index >= 15 is 0 Å². The van der Waals surface area contributed by atoms with Crippen molar-refractivity contribution < 1.29 is 4.79 Å². The summed E-state index contributed by atoms with van der Waals surface area (Å²) in [7, 11) is 1.83. The minimum atomic E-state index is -0.104. The van der Waals surface area contributed by atoms with Crippen molar-refractivity contribution in [1.29, 1.82) is 0 Å². The zero-order chi connectivity index (χ0) is 11.4. The fourth-order valence-corrected chi connectivity index (χ4v) is 1.40. The summed E-state index contributed by atoms with van der Waals surface area (Å²) in [5.41, 5.74) is 0.568. The fraction of sp³-hybridized carbons (Fsp3) is 0.300. The molecule has 16 heavy (non-hydrogen) atoms. The van der Waals surface area contributed by atoms with Crippen LogP contribution in [0, 0.1) is 0 Å². The normalized spacial score (nSPS) is 10.3. The number of carbonyl (C=O) groups excluding carboxylic acids is 1. The van der Waals surface area contributed by atoms with Crippen LogP contribution >= 0.6 is 0 Å². The summed E-state index contributed by atoms with van der Waals surface area (Å²) in [6.45, 7) is 0.546. The van der Waals surface area contributed by atoms with Gasteiger partial charge in [0.1, 0.15) is 17.8 Å². The highest BCUT2D eigenvalue weighted by atomic mass is 16.1. The summed E-state index contributed by atoms with van der Waals surface area (Å²) in [6, 6.07) is 3.52. The van der Waals surface area contributed by atoms with Gasteiger partial charge in [0.25, 0.3) is 5.91 Å². The van der Waals surface area contributed by atoms with Gasteiger partial charge in [-0.25, -0.2) is 4.98 Å². The van der Waals surface area contributed by atoms with E-state index < -0.39 is 0 Å². The van der Waals surface area contributed by atoms with Gasteiger partial charge in [-0.3, -0.25) is 9.48 Å². The Hall–Kier alpha value is -2.11. The van der Waals surface area contributed by atoms with E-state index in [1.807, 2.05) is 7.05 Å². The van der Waals surface area contributed by atoms with Crippen molar-refractivity contribution >= 4 is 5.91 Å². The van der Waals surface area contributed by atoms with Crippen molar-refractivity contribution in [2.75, 3.05) is 6.54 Å². The number of aryl methyl sites for hydroxylation is 1. The molecule has 1 amide bonds. The highest BCUT2D eigenvalue weighted by molar-refractivity contribution is 5.92. The van der Waals surface area contributed by atoms with Crippen LogP contribution in [0.5, 0.6) is 0 Å². The molecule has 2 rings (SSSR count). The Morgan fingerprint density at radius 3 is 3.12 bits per heavy atom. The zero-order valence-corrected chi connectivity index (χ0v) is 8.97. The molecule has 2 N–H and O–H groups in total. The van der Waals surface area contributed by atoms with Gasteiger partial charge in [-0.15, -0.1) is 0 Å². The van der Waals surface area contributed by atoms with Gasteiger partial charge in [0.2, 0.25) is 0 Å². The molecule has 2 heterocycles. The Labute approximate surface area is 92.7 Å². The van der Waals surface area contributed by atoms with Gasteiger partial charge in [0.05, 0.1) is 0 Å². The lowest BCUT2D eigenvalue weighted by Crippen LogP contribution is -2.26. The number of aromatic amines is 1. The third kappa shape index (κ3) is 2.28. The molecule has 0 unspecified atom stereocenters. The molecule has 84 valence electrons. The Morgan fingerprint density at radius 2 is 2.50 bits per heavy atom. The predicted molar refractivity (Wildman–Crippen MR) is 57.8 cm³/mol. The highest BCUT2D eigenvalue weighted by Gasteiger charge is 2.05. The Bertz CT molecular complexity index is 459. The maximum absolute atomic E-state index is 11.5. The van der Waals surface area contributed by atoms with E-state index in [9.17, 15) is 4.79 Å². The summed E-state index contributed by atoms with van der Waals surface area (Å²) < 4.78 is 1.70. The van der Waals surface area contributed by atoms with E-state index in [1.54, 1.807) is 23.0 Å². The van der Waals surface area contributed by atoms with Crippen LogP contribution in [0.1, 0.15) is 16.3 Å². The van der Waals surface area contributed by atoms with Gasteiger partial charge in [-0.05, 0) is 12.1 Å². The zero-order valence-electron chi connectivity index (χ0n) is 8.97. The minimum Gasteiger partial charge on any atom is -0.357 e. The van der Waals surface area contributed by atoms with Crippen molar-refractivity contribution in [2.45, 2.75) is 6.42 Å². The van der Waals surface area contributed by atoms with Crippen LogP contribution in [0.4, 0.5) is 0 Å². The summed E-state index contributed by atoms with van der Waals surface area (Å²) in [5, 5.41) is 6.75. The topological polar surface area (TPSA) is 75.6 Å². The molecule has 0 radical (unpaired) electrons. The first kappa shape index (κ1) is 10.4. The van der Waals surface area contributed by atoms with Crippen molar-refractivity contribution in [2.24, 2.45) is 7.05 Å². The molecule has 0 aromatic carbocycles.